The van der Waals surface area contributed by atoms with Gasteiger partial charge in [0.2, 0.25) is 18.6 Å². The molecule has 0 saturated carbocycles. The summed E-state index contributed by atoms with van der Waals surface area (Å²) in [4.78, 5) is 28.9. The van der Waals surface area contributed by atoms with E-state index in [-0.39, 0.29) is 37.6 Å². The largest absolute Gasteiger partial charge is 0.454 e. The highest BCUT2D eigenvalue weighted by atomic mass is 16.7. The van der Waals surface area contributed by atoms with Crippen molar-refractivity contribution in [2.45, 2.75) is 25.9 Å². The van der Waals surface area contributed by atoms with E-state index in [2.05, 4.69) is 5.32 Å². The third-order valence-electron chi connectivity index (χ3n) is 4.92. The lowest BCUT2D eigenvalue weighted by Gasteiger charge is -2.29. The Morgan fingerprint density at radius 1 is 1.21 bits per heavy atom. The number of amides is 2. The number of nitrogens with zero attached hydrogens (tertiary/aromatic N) is 2. The minimum atomic E-state index is -0.213. The standard InChI is InChI=1S/C21H23N3O4/c1-14-9-20(25)22-16-5-3-4-6-17(16)24(14)21(26)12-23(2)11-15-7-8-18-19(10-15)28-13-27-18/h3-8,10,14H,9,11-13H2,1-2H3,(H,22,25)/t14-/m0/s1. The summed E-state index contributed by atoms with van der Waals surface area (Å²) in [6.07, 6.45) is 0.270. The van der Waals surface area contributed by atoms with Crippen molar-refractivity contribution in [2.24, 2.45) is 0 Å². The number of hydrogen-bond donors (Lipinski definition) is 1. The summed E-state index contributed by atoms with van der Waals surface area (Å²) >= 11 is 0. The Hall–Kier alpha value is -3.06. The lowest BCUT2D eigenvalue weighted by Crippen LogP contribution is -2.44. The number of likely N-dealkylation sites (N-methyl/N-ethyl adjacent to an activating group) is 1. The summed E-state index contributed by atoms with van der Waals surface area (Å²) in [6.45, 7) is 2.98. The Balaban J connectivity index is 1.48. The first-order valence-electron chi connectivity index (χ1n) is 9.29. The average molecular weight is 381 g/mol. The number of benzene rings is 2. The molecule has 2 aliphatic rings. The fourth-order valence-electron chi connectivity index (χ4n) is 3.68. The second-order valence-corrected chi connectivity index (χ2v) is 7.24. The molecule has 2 amide bonds. The fraction of sp³-hybridized carbons (Fsp3) is 0.333. The van der Waals surface area contributed by atoms with Crippen LogP contribution in [-0.2, 0) is 16.1 Å². The number of carbonyl (C=O) groups excluding carboxylic acids is 2. The van der Waals surface area contributed by atoms with Crippen LogP contribution in [-0.4, -0.2) is 43.1 Å². The highest BCUT2D eigenvalue weighted by Gasteiger charge is 2.29. The van der Waals surface area contributed by atoms with Gasteiger partial charge in [0.1, 0.15) is 0 Å². The number of nitrogens with one attached hydrogen (secondary N) is 1. The summed E-state index contributed by atoms with van der Waals surface area (Å²) < 4.78 is 10.8. The fourth-order valence-corrected chi connectivity index (χ4v) is 3.68. The number of anilines is 2. The highest BCUT2D eigenvalue weighted by molar-refractivity contribution is 6.04. The van der Waals surface area contributed by atoms with Crippen LogP contribution in [0.5, 0.6) is 11.5 Å². The molecule has 146 valence electrons. The molecule has 0 saturated heterocycles. The lowest BCUT2D eigenvalue weighted by molar-refractivity contribution is -0.120. The Morgan fingerprint density at radius 2 is 2.00 bits per heavy atom. The van der Waals surface area contributed by atoms with Crippen molar-refractivity contribution in [1.29, 1.82) is 0 Å². The minimum absolute atomic E-state index is 0.0420. The number of fused-ring (bicyclic) bond motifs is 2. The van der Waals surface area contributed by atoms with E-state index < -0.39 is 0 Å². The second-order valence-electron chi connectivity index (χ2n) is 7.24. The lowest BCUT2D eigenvalue weighted by atomic mass is 10.1. The van der Waals surface area contributed by atoms with Gasteiger partial charge in [0.15, 0.2) is 11.5 Å². The number of rotatable bonds is 4. The molecule has 0 fully saturated rings. The minimum Gasteiger partial charge on any atom is -0.454 e. The van der Waals surface area contributed by atoms with Gasteiger partial charge < -0.3 is 19.7 Å². The molecular formula is C21H23N3O4. The molecule has 2 aromatic carbocycles. The van der Waals surface area contributed by atoms with Gasteiger partial charge in [-0.15, -0.1) is 0 Å². The van der Waals surface area contributed by atoms with Crippen LogP contribution in [0.2, 0.25) is 0 Å². The van der Waals surface area contributed by atoms with Crippen LogP contribution in [0.3, 0.4) is 0 Å². The van der Waals surface area contributed by atoms with Gasteiger partial charge in [0.05, 0.1) is 17.9 Å². The SMILES string of the molecule is C[C@H]1CC(=O)Nc2ccccc2N1C(=O)CN(C)Cc1ccc2c(c1)OCO2. The topological polar surface area (TPSA) is 71.1 Å². The van der Waals surface area contributed by atoms with E-state index in [9.17, 15) is 9.59 Å². The Kier molecular flexibility index (Phi) is 4.92. The third-order valence-corrected chi connectivity index (χ3v) is 4.92. The van der Waals surface area contributed by atoms with Crippen molar-refractivity contribution < 1.29 is 19.1 Å². The van der Waals surface area contributed by atoms with Gasteiger partial charge in [-0.2, -0.15) is 0 Å². The molecular weight excluding hydrogens is 358 g/mol. The summed E-state index contributed by atoms with van der Waals surface area (Å²) in [7, 11) is 1.90. The first-order chi connectivity index (χ1) is 13.5. The van der Waals surface area contributed by atoms with Crippen LogP contribution < -0.4 is 19.7 Å². The van der Waals surface area contributed by atoms with Gasteiger partial charge >= 0.3 is 0 Å². The number of ether oxygens (including phenoxy) is 2. The van der Waals surface area contributed by atoms with Crippen molar-refractivity contribution in [3.8, 4) is 11.5 Å². The first-order valence-corrected chi connectivity index (χ1v) is 9.29. The summed E-state index contributed by atoms with van der Waals surface area (Å²) in [5.41, 5.74) is 2.45. The van der Waals surface area contributed by atoms with Gasteiger partial charge in [-0.3, -0.25) is 14.5 Å². The zero-order valence-corrected chi connectivity index (χ0v) is 16.0. The average Bonchev–Trinajstić information content (AvgIpc) is 3.05. The molecule has 4 rings (SSSR count). The smallest absolute Gasteiger partial charge is 0.241 e. The van der Waals surface area contributed by atoms with E-state index in [4.69, 9.17) is 9.47 Å². The van der Waals surface area contributed by atoms with Gasteiger partial charge in [-0.25, -0.2) is 0 Å². The van der Waals surface area contributed by atoms with Gasteiger partial charge in [0.25, 0.3) is 0 Å². The van der Waals surface area contributed by atoms with Gasteiger partial charge in [-0.1, -0.05) is 18.2 Å². The van der Waals surface area contributed by atoms with Crippen LogP contribution in [0.25, 0.3) is 0 Å². The molecule has 28 heavy (non-hydrogen) atoms. The van der Waals surface area contributed by atoms with Crippen LogP contribution in [0.4, 0.5) is 11.4 Å². The van der Waals surface area contributed by atoms with Crippen LogP contribution in [0.15, 0.2) is 42.5 Å². The van der Waals surface area contributed by atoms with E-state index in [1.165, 1.54) is 0 Å². The molecule has 2 heterocycles. The quantitative estimate of drug-likeness (QED) is 0.882. The van der Waals surface area contributed by atoms with E-state index in [0.717, 1.165) is 22.7 Å². The third kappa shape index (κ3) is 3.66. The van der Waals surface area contributed by atoms with Crippen LogP contribution >= 0.6 is 0 Å². The van der Waals surface area contributed by atoms with Crippen molar-refractivity contribution in [3.05, 3.63) is 48.0 Å². The second kappa shape index (κ2) is 7.52. The Morgan fingerprint density at radius 3 is 2.86 bits per heavy atom. The number of para-hydroxylation sites is 2. The number of hydrogen-bond acceptors (Lipinski definition) is 5. The van der Waals surface area contributed by atoms with Gasteiger partial charge in [0, 0.05) is 19.0 Å². The monoisotopic (exact) mass is 381 g/mol. The van der Waals surface area contributed by atoms with Crippen molar-refractivity contribution in [2.75, 3.05) is 30.6 Å². The van der Waals surface area contributed by atoms with E-state index in [0.29, 0.717) is 12.2 Å². The van der Waals surface area contributed by atoms with E-state index in [1.807, 2.05) is 61.3 Å². The van der Waals surface area contributed by atoms with E-state index in [1.54, 1.807) is 4.90 Å². The zero-order chi connectivity index (χ0) is 19.7. The highest BCUT2D eigenvalue weighted by Crippen LogP contribution is 2.33. The molecule has 0 bridgehead atoms. The summed E-state index contributed by atoms with van der Waals surface area (Å²) in [6, 6.07) is 13.0. The maximum atomic E-state index is 13.1. The molecule has 2 aromatic rings. The molecule has 1 N–H and O–H groups in total. The molecule has 1 atom stereocenters. The maximum absolute atomic E-state index is 13.1. The molecule has 0 aliphatic carbocycles. The molecule has 2 aliphatic heterocycles. The zero-order valence-electron chi connectivity index (χ0n) is 16.0. The molecule has 7 nitrogen and oxygen atoms in total. The Bertz CT molecular complexity index is 914. The summed E-state index contributed by atoms with van der Waals surface area (Å²) in [5.74, 6) is 1.36. The maximum Gasteiger partial charge on any atom is 0.241 e. The first kappa shape index (κ1) is 18.3. The van der Waals surface area contributed by atoms with Crippen LogP contribution in [0, 0.1) is 0 Å². The van der Waals surface area contributed by atoms with Crippen molar-refractivity contribution in [1.82, 2.24) is 4.90 Å². The molecule has 0 radical (unpaired) electrons. The van der Waals surface area contributed by atoms with Crippen molar-refractivity contribution in [3.63, 3.8) is 0 Å². The molecule has 0 aromatic heterocycles. The van der Waals surface area contributed by atoms with Gasteiger partial charge in [-0.05, 0) is 43.8 Å². The number of carbonyl (C=O) groups is 2. The molecule has 7 heteroatoms. The van der Waals surface area contributed by atoms with Crippen molar-refractivity contribution >= 4 is 23.2 Å². The van der Waals surface area contributed by atoms with Crippen LogP contribution in [0.1, 0.15) is 18.9 Å². The Labute approximate surface area is 163 Å². The normalized spacial score (nSPS) is 17.9. The molecule has 0 spiro atoms. The van der Waals surface area contributed by atoms with E-state index >= 15 is 0 Å². The summed E-state index contributed by atoms with van der Waals surface area (Å²) in [5, 5.41) is 2.88. The predicted octanol–water partition coefficient (Wildman–Crippen LogP) is 2.61. The predicted molar refractivity (Wildman–Crippen MR) is 106 cm³/mol. The molecule has 0 unspecified atom stereocenters.